The molecular formula is C14H18ClN3. The molecule has 0 amide bonds. The smallest absolute Gasteiger partial charge is 0.152 e. The van der Waals surface area contributed by atoms with E-state index in [-0.39, 0.29) is 0 Å². The summed E-state index contributed by atoms with van der Waals surface area (Å²) in [6, 6.07) is 2.43. The highest BCUT2D eigenvalue weighted by molar-refractivity contribution is 6.32. The molecule has 4 heteroatoms. The zero-order chi connectivity index (χ0) is 13.0. The van der Waals surface area contributed by atoms with Gasteiger partial charge in [0.25, 0.3) is 0 Å². The molecule has 0 bridgehead atoms. The van der Waals surface area contributed by atoms with Crippen molar-refractivity contribution in [1.29, 1.82) is 0 Å². The quantitative estimate of drug-likeness (QED) is 0.671. The van der Waals surface area contributed by atoms with Gasteiger partial charge in [0.05, 0.1) is 12.2 Å². The number of halogens is 1. The SMILES string of the molecule is C#CCN1CCC(Nc2c(C)ccnc2Cl)CC1. The molecule has 2 heterocycles. The van der Waals surface area contributed by atoms with Gasteiger partial charge in [-0.05, 0) is 31.4 Å². The Morgan fingerprint density at radius 1 is 1.56 bits per heavy atom. The zero-order valence-corrected chi connectivity index (χ0v) is 11.4. The number of pyridine rings is 1. The van der Waals surface area contributed by atoms with E-state index in [1.54, 1.807) is 6.20 Å². The first-order valence-corrected chi connectivity index (χ1v) is 6.62. The van der Waals surface area contributed by atoms with Crippen LogP contribution in [0.4, 0.5) is 5.69 Å². The van der Waals surface area contributed by atoms with Crippen molar-refractivity contribution >= 4 is 17.3 Å². The predicted molar refractivity (Wildman–Crippen MR) is 75.9 cm³/mol. The fraction of sp³-hybridized carbons (Fsp3) is 0.500. The number of hydrogen-bond acceptors (Lipinski definition) is 3. The van der Waals surface area contributed by atoms with Crippen LogP contribution in [0, 0.1) is 19.3 Å². The lowest BCUT2D eigenvalue weighted by molar-refractivity contribution is 0.243. The van der Waals surface area contributed by atoms with E-state index < -0.39 is 0 Å². The molecule has 0 saturated carbocycles. The minimum absolute atomic E-state index is 0.458. The second-order valence-electron chi connectivity index (χ2n) is 4.69. The standard InChI is InChI=1S/C14H18ClN3/c1-3-8-18-9-5-12(6-10-18)17-13-11(2)4-7-16-14(13)15/h1,4,7,12,17H,5-6,8-10H2,2H3. The summed E-state index contributed by atoms with van der Waals surface area (Å²) in [4.78, 5) is 6.42. The molecule has 0 spiro atoms. The van der Waals surface area contributed by atoms with Crippen LogP contribution in [0.5, 0.6) is 0 Å². The first kappa shape index (κ1) is 13.2. The molecule has 0 radical (unpaired) electrons. The van der Waals surface area contributed by atoms with Gasteiger partial charge in [-0.3, -0.25) is 4.90 Å². The van der Waals surface area contributed by atoms with Gasteiger partial charge < -0.3 is 5.32 Å². The maximum absolute atomic E-state index is 6.12. The number of terminal acetylenes is 1. The van der Waals surface area contributed by atoms with Crippen LogP contribution in [0.1, 0.15) is 18.4 Å². The number of nitrogens with zero attached hydrogens (tertiary/aromatic N) is 2. The van der Waals surface area contributed by atoms with Crippen molar-refractivity contribution in [3.63, 3.8) is 0 Å². The molecule has 0 atom stereocenters. The highest BCUT2D eigenvalue weighted by atomic mass is 35.5. The molecule has 0 unspecified atom stereocenters. The van der Waals surface area contributed by atoms with Crippen molar-refractivity contribution < 1.29 is 0 Å². The molecule has 18 heavy (non-hydrogen) atoms. The molecular weight excluding hydrogens is 246 g/mol. The third-order valence-electron chi connectivity index (χ3n) is 3.36. The largest absolute Gasteiger partial charge is 0.380 e. The molecule has 96 valence electrons. The predicted octanol–water partition coefficient (Wildman–Crippen LogP) is 2.55. The van der Waals surface area contributed by atoms with Crippen LogP contribution in [0.15, 0.2) is 12.3 Å². The molecule has 1 aromatic heterocycles. The highest BCUT2D eigenvalue weighted by Gasteiger charge is 2.19. The van der Waals surface area contributed by atoms with Gasteiger partial charge in [-0.15, -0.1) is 6.42 Å². The summed E-state index contributed by atoms with van der Waals surface area (Å²) >= 11 is 6.12. The molecule has 0 aromatic carbocycles. The summed E-state index contributed by atoms with van der Waals surface area (Å²) in [6.07, 6.45) is 9.24. The second kappa shape index (κ2) is 6.08. The minimum Gasteiger partial charge on any atom is -0.380 e. The first-order chi connectivity index (χ1) is 8.70. The van der Waals surface area contributed by atoms with E-state index in [0.29, 0.717) is 11.2 Å². The third kappa shape index (κ3) is 3.16. The highest BCUT2D eigenvalue weighted by Crippen LogP contribution is 2.25. The second-order valence-corrected chi connectivity index (χ2v) is 5.05. The molecule has 3 nitrogen and oxygen atoms in total. The van der Waals surface area contributed by atoms with Gasteiger partial charge in [-0.2, -0.15) is 0 Å². The summed E-state index contributed by atoms with van der Waals surface area (Å²) in [5, 5.41) is 4.06. The Hall–Kier alpha value is -1.24. The van der Waals surface area contributed by atoms with Crippen LogP contribution < -0.4 is 5.32 Å². The van der Waals surface area contributed by atoms with Gasteiger partial charge in [-0.1, -0.05) is 17.5 Å². The topological polar surface area (TPSA) is 28.2 Å². The molecule has 1 N–H and O–H groups in total. The zero-order valence-electron chi connectivity index (χ0n) is 10.6. The number of anilines is 1. The lowest BCUT2D eigenvalue weighted by Gasteiger charge is -2.32. The van der Waals surface area contributed by atoms with E-state index in [9.17, 15) is 0 Å². The molecule has 1 aromatic rings. The third-order valence-corrected chi connectivity index (χ3v) is 3.65. The van der Waals surface area contributed by atoms with E-state index in [2.05, 4.69) is 21.1 Å². The van der Waals surface area contributed by atoms with Crippen LogP contribution in [0.25, 0.3) is 0 Å². The monoisotopic (exact) mass is 263 g/mol. The van der Waals surface area contributed by atoms with Crippen LogP contribution in [-0.2, 0) is 0 Å². The molecule has 1 saturated heterocycles. The number of hydrogen-bond donors (Lipinski definition) is 1. The Balaban J connectivity index is 1.94. The summed E-state index contributed by atoms with van der Waals surface area (Å²) < 4.78 is 0. The van der Waals surface area contributed by atoms with Crippen LogP contribution >= 0.6 is 11.6 Å². The summed E-state index contributed by atoms with van der Waals surface area (Å²) in [7, 11) is 0. The van der Waals surface area contributed by atoms with E-state index >= 15 is 0 Å². The Bertz CT molecular complexity index is 425. The molecule has 1 fully saturated rings. The van der Waals surface area contributed by atoms with Crippen molar-refractivity contribution in [1.82, 2.24) is 9.88 Å². The molecule has 0 aliphatic carbocycles. The van der Waals surface area contributed by atoms with E-state index in [0.717, 1.165) is 43.7 Å². The number of piperidine rings is 1. The van der Waals surface area contributed by atoms with Gasteiger partial charge >= 0.3 is 0 Å². The first-order valence-electron chi connectivity index (χ1n) is 6.24. The van der Waals surface area contributed by atoms with E-state index in [1.165, 1.54) is 0 Å². The number of likely N-dealkylation sites (tertiary alicyclic amines) is 1. The molecule has 1 aliphatic rings. The maximum Gasteiger partial charge on any atom is 0.152 e. The van der Waals surface area contributed by atoms with Crippen LogP contribution in [0.3, 0.4) is 0 Å². The van der Waals surface area contributed by atoms with Crippen molar-refractivity contribution in [2.75, 3.05) is 25.0 Å². The maximum atomic E-state index is 6.12. The van der Waals surface area contributed by atoms with Gasteiger partial charge in [0.15, 0.2) is 5.15 Å². The Labute approximate surface area is 114 Å². The number of aromatic nitrogens is 1. The normalized spacial score (nSPS) is 17.4. The summed E-state index contributed by atoms with van der Waals surface area (Å²) in [5.41, 5.74) is 2.11. The summed E-state index contributed by atoms with van der Waals surface area (Å²) in [6.45, 7) is 4.88. The Kier molecular flexibility index (Phi) is 4.46. The average molecular weight is 264 g/mol. The van der Waals surface area contributed by atoms with Gasteiger partial charge in [0, 0.05) is 25.3 Å². The number of nitrogens with one attached hydrogen (secondary N) is 1. The Morgan fingerprint density at radius 2 is 2.28 bits per heavy atom. The average Bonchev–Trinajstić information content (AvgIpc) is 2.36. The lowest BCUT2D eigenvalue weighted by atomic mass is 10.0. The van der Waals surface area contributed by atoms with Crippen molar-refractivity contribution in [3.8, 4) is 12.3 Å². The van der Waals surface area contributed by atoms with Crippen molar-refractivity contribution in [3.05, 3.63) is 23.0 Å². The Morgan fingerprint density at radius 3 is 2.89 bits per heavy atom. The fourth-order valence-electron chi connectivity index (χ4n) is 2.27. The van der Waals surface area contributed by atoms with Gasteiger partial charge in [-0.25, -0.2) is 4.98 Å². The molecule has 2 rings (SSSR count). The van der Waals surface area contributed by atoms with Crippen molar-refractivity contribution in [2.24, 2.45) is 0 Å². The van der Waals surface area contributed by atoms with Gasteiger partial charge in [0.1, 0.15) is 0 Å². The van der Waals surface area contributed by atoms with Crippen molar-refractivity contribution in [2.45, 2.75) is 25.8 Å². The summed E-state index contributed by atoms with van der Waals surface area (Å²) in [5.74, 6) is 2.69. The van der Waals surface area contributed by atoms with E-state index in [1.807, 2.05) is 13.0 Å². The minimum atomic E-state index is 0.458. The van der Waals surface area contributed by atoms with Gasteiger partial charge in [0.2, 0.25) is 0 Å². The fourth-order valence-corrected chi connectivity index (χ4v) is 2.53. The number of aryl methyl sites for hydroxylation is 1. The van der Waals surface area contributed by atoms with Crippen LogP contribution in [-0.4, -0.2) is 35.6 Å². The van der Waals surface area contributed by atoms with E-state index in [4.69, 9.17) is 18.0 Å². The lowest BCUT2D eigenvalue weighted by Crippen LogP contribution is -2.39. The number of rotatable bonds is 3. The molecule has 1 aliphatic heterocycles. The van der Waals surface area contributed by atoms with Crippen LogP contribution in [0.2, 0.25) is 5.15 Å².